The van der Waals surface area contributed by atoms with Gasteiger partial charge in [-0.25, -0.2) is 0 Å². The average Bonchev–Trinajstić information content (AvgIpc) is 3.17. The molecule has 236 valence electrons. The summed E-state index contributed by atoms with van der Waals surface area (Å²) < 4.78 is 0. The Labute approximate surface area is 294 Å². The van der Waals surface area contributed by atoms with Crippen LogP contribution >= 0.6 is 10.0 Å². The average molecular weight is 657 g/mol. The molecule has 0 fully saturated rings. The van der Waals surface area contributed by atoms with Crippen molar-refractivity contribution in [3.8, 4) is 22.3 Å². The third-order valence-corrected chi connectivity index (χ3v) is 14.1. The molecule has 3 aliphatic rings. The molecule has 0 aliphatic carbocycles. The van der Waals surface area contributed by atoms with Crippen LogP contribution in [0.5, 0.6) is 0 Å². The zero-order valence-electron chi connectivity index (χ0n) is 28.0. The number of hydrogen-bond acceptors (Lipinski definition) is 2. The van der Waals surface area contributed by atoms with Crippen molar-refractivity contribution in [1.29, 1.82) is 0 Å². The van der Waals surface area contributed by atoms with E-state index < -0.39 is 10.0 Å². The zero-order valence-corrected chi connectivity index (χ0v) is 28.8. The molecule has 0 amide bonds. The Morgan fingerprint density at radius 3 is 2.02 bits per heavy atom. The summed E-state index contributed by atoms with van der Waals surface area (Å²) in [6.07, 6.45) is 4.95. The molecule has 0 spiro atoms. The summed E-state index contributed by atoms with van der Waals surface area (Å²) in [6.45, 7) is -0.00694. The first-order chi connectivity index (χ1) is 24.6. The number of anilines is 5. The van der Waals surface area contributed by atoms with Gasteiger partial charge in [-0.05, 0) is 98.8 Å². The molecule has 3 aliphatic heterocycles. The number of benzene rings is 8. The van der Waals surface area contributed by atoms with E-state index in [9.17, 15) is 0 Å². The Morgan fingerprint density at radius 2 is 1.18 bits per heavy atom. The predicted molar refractivity (Wildman–Crippen MR) is 217 cm³/mol. The molecule has 0 unspecified atom stereocenters. The Bertz CT molecular complexity index is 2700. The maximum atomic E-state index is 2.65. The van der Waals surface area contributed by atoms with Crippen LogP contribution in [0.15, 0.2) is 174 Å². The monoisotopic (exact) mass is 656 g/mol. The molecule has 2 nitrogen and oxygen atoms in total. The Kier molecular flexibility index (Phi) is 5.72. The number of fused-ring (bicyclic) bond motifs is 10. The highest BCUT2D eigenvalue weighted by molar-refractivity contribution is 8.33. The van der Waals surface area contributed by atoms with Crippen molar-refractivity contribution in [2.75, 3.05) is 22.2 Å². The molecule has 11 rings (SSSR count). The summed E-state index contributed by atoms with van der Waals surface area (Å²) in [5, 5.41) is 5.12. The maximum absolute atomic E-state index is 2.65. The van der Waals surface area contributed by atoms with Gasteiger partial charge in [0.25, 0.3) is 0 Å². The van der Waals surface area contributed by atoms with Crippen LogP contribution in [0.2, 0.25) is 0 Å². The Balaban J connectivity index is 1.29. The number of para-hydroxylation sites is 2. The highest BCUT2D eigenvalue weighted by Gasteiger charge is 2.49. The maximum Gasteiger partial charge on any atom is 0.333 e. The summed E-state index contributed by atoms with van der Waals surface area (Å²) in [5.41, 5.74) is 14.3. The van der Waals surface area contributed by atoms with Crippen LogP contribution in [-0.4, -0.2) is 19.4 Å². The minimum Gasteiger partial charge on any atom is -0.376 e. The molecular weight excluding hydrogens is 623 g/mol. The number of nitrogens with zero attached hydrogens (tertiary/aromatic N) is 2. The van der Waals surface area contributed by atoms with Gasteiger partial charge in [-0.15, -0.1) is 0 Å². The third kappa shape index (κ3) is 3.66. The van der Waals surface area contributed by atoms with Crippen molar-refractivity contribution in [2.24, 2.45) is 0 Å². The van der Waals surface area contributed by atoms with Gasteiger partial charge >= 0.3 is 6.85 Å². The van der Waals surface area contributed by atoms with Gasteiger partial charge in [0.1, 0.15) is 0 Å². The highest BCUT2D eigenvalue weighted by Crippen LogP contribution is 2.68. The quantitative estimate of drug-likeness (QED) is 0.171. The van der Waals surface area contributed by atoms with Crippen LogP contribution in [0.4, 0.5) is 28.4 Å². The molecular formula is C46H33BN2S. The van der Waals surface area contributed by atoms with Gasteiger partial charge in [0.05, 0.1) is 17.1 Å². The zero-order chi connectivity index (χ0) is 33.1. The lowest BCUT2D eigenvalue weighted by Crippen LogP contribution is -2.62. The van der Waals surface area contributed by atoms with Crippen molar-refractivity contribution in [1.82, 2.24) is 0 Å². The molecule has 0 saturated carbocycles. The van der Waals surface area contributed by atoms with Crippen LogP contribution in [0.1, 0.15) is 0 Å². The van der Waals surface area contributed by atoms with Gasteiger partial charge in [-0.3, -0.25) is 0 Å². The molecule has 4 heteroatoms. The fourth-order valence-electron chi connectivity index (χ4n) is 9.06. The molecule has 0 aromatic heterocycles. The van der Waals surface area contributed by atoms with Gasteiger partial charge in [0.2, 0.25) is 0 Å². The SMILES string of the molecule is CS1(C)c2ccccc2N2c3c(cccc31)B1c3c(cc4ccccc4c32)-c2c(ccc3ccccc23)N1c1ccc(-c2ccccc2)cc1. The third-order valence-electron chi connectivity index (χ3n) is 11.3. The standard InChI is InChI=1S/C46H33BN2S/c1-50(2)41-21-11-10-20-39(41)48-45-36-18-9-7-16-33(36)29-37-43-35-17-8-6-15-32(35)25-28-40(43)49(47(44(37)45)38-19-12-22-42(50)46(38)48)34-26-23-31(24-27-34)30-13-4-3-5-14-30/h3-29H,1-2H3. The van der Waals surface area contributed by atoms with Gasteiger partial charge < -0.3 is 9.71 Å². The highest BCUT2D eigenvalue weighted by atomic mass is 32.3. The molecule has 0 radical (unpaired) electrons. The summed E-state index contributed by atoms with van der Waals surface area (Å²) in [4.78, 5) is 8.19. The van der Waals surface area contributed by atoms with E-state index >= 15 is 0 Å². The second-order valence-electron chi connectivity index (χ2n) is 14.1. The minimum absolute atomic E-state index is 0.00694. The van der Waals surface area contributed by atoms with E-state index in [4.69, 9.17) is 0 Å². The van der Waals surface area contributed by atoms with Crippen LogP contribution in [0, 0.1) is 0 Å². The van der Waals surface area contributed by atoms with Crippen molar-refractivity contribution < 1.29 is 0 Å². The van der Waals surface area contributed by atoms with E-state index in [0.717, 1.165) is 0 Å². The first-order valence-electron chi connectivity index (χ1n) is 17.4. The van der Waals surface area contributed by atoms with Crippen LogP contribution in [0.3, 0.4) is 0 Å². The van der Waals surface area contributed by atoms with E-state index in [0.29, 0.717) is 0 Å². The summed E-state index contributed by atoms with van der Waals surface area (Å²) >= 11 is 0. The van der Waals surface area contributed by atoms with Crippen molar-refractivity contribution >= 4 is 77.8 Å². The van der Waals surface area contributed by atoms with Crippen molar-refractivity contribution in [3.63, 3.8) is 0 Å². The summed E-state index contributed by atoms with van der Waals surface area (Å²) in [5.74, 6) is 0. The van der Waals surface area contributed by atoms with Gasteiger partial charge in [-0.2, -0.15) is 10.0 Å². The summed E-state index contributed by atoms with van der Waals surface area (Å²) in [6, 6.07) is 61.3. The van der Waals surface area contributed by atoms with Gasteiger partial charge in [0, 0.05) is 32.1 Å². The molecule has 0 saturated heterocycles. The molecule has 0 bridgehead atoms. The lowest BCUT2D eigenvalue weighted by molar-refractivity contribution is 1.16. The Hall–Kier alpha value is -5.71. The van der Waals surface area contributed by atoms with E-state index in [1.807, 2.05) is 0 Å². The van der Waals surface area contributed by atoms with Crippen LogP contribution in [-0.2, 0) is 0 Å². The largest absolute Gasteiger partial charge is 0.376 e. The van der Waals surface area contributed by atoms with Crippen molar-refractivity contribution in [3.05, 3.63) is 164 Å². The fourth-order valence-corrected chi connectivity index (χ4v) is 11.5. The Morgan fingerprint density at radius 1 is 0.500 bits per heavy atom. The van der Waals surface area contributed by atoms with Gasteiger partial charge in [0.15, 0.2) is 0 Å². The summed E-state index contributed by atoms with van der Waals surface area (Å²) in [7, 11) is -1.28. The molecule has 3 heterocycles. The lowest BCUT2D eigenvalue weighted by Gasteiger charge is -2.52. The number of rotatable bonds is 2. The fraction of sp³-hybridized carbons (Fsp3) is 0.0435. The minimum atomic E-state index is -1.28. The second-order valence-corrected chi connectivity index (χ2v) is 17.6. The lowest BCUT2D eigenvalue weighted by atomic mass is 9.43. The number of hydrogen-bond donors (Lipinski definition) is 0. The smallest absolute Gasteiger partial charge is 0.333 e. The molecule has 0 N–H and O–H groups in total. The topological polar surface area (TPSA) is 6.48 Å². The van der Waals surface area contributed by atoms with Crippen molar-refractivity contribution in [2.45, 2.75) is 9.79 Å². The van der Waals surface area contributed by atoms with Crippen LogP contribution in [0.25, 0.3) is 43.8 Å². The van der Waals surface area contributed by atoms with Crippen LogP contribution < -0.4 is 20.6 Å². The van der Waals surface area contributed by atoms with E-state index in [2.05, 4.69) is 186 Å². The molecule has 8 aromatic carbocycles. The molecule has 8 aromatic rings. The first kappa shape index (κ1) is 28.2. The molecule has 50 heavy (non-hydrogen) atoms. The van der Waals surface area contributed by atoms with E-state index in [-0.39, 0.29) is 6.85 Å². The van der Waals surface area contributed by atoms with E-state index in [1.165, 1.54) is 93.0 Å². The predicted octanol–water partition coefficient (Wildman–Crippen LogP) is 11.2. The normalized spacial score (nSPS) is 15.3. The first-order valence-corrected chi connectivity index (χ1v) is 19.8. The van der Waals surface area contributed by atoms with Gasteiger partial charge in [-0.1, -0.05) is 121 Å². The molecule has 0 atom stereocenters. The van der Waals surface area contributed by atoms with E-state index in [1.54, 1.807) is 0 Å². The second kappa shape index (κ2) is 10.2.